The molecular weight excluding hydrogens is 276 g/mol. The van der Waals surface area contributed by atoms with Crippen LogP contribution < -0.4 is 0 Å². The third-order valence-corrected chi connectivity index (χ3v) is 2.42. The number of nitrogens with zero attached hydrogens (tertiary/aromatic N) is 1. The third kappa shape index (κ3) is 2.82. The number of alkyl halides is 6. The zero-order valence-corrected chi connectivity index (χ0v) is 9.06. The Hall–Kier alpha value is -1.73. The quantitative estimate of drug-likeness (QED) is 0.724. The Morgan fingerprint density at radius 3 is 2.26 bits per heavy atom. The molecule has 0 N–H and O–H groups in total. The highest BCUT2D eigenvalue weighted by molar-refractivity contribution is 6.00. The number of hydrogen-bond donors (Lipinski definition) is 0. The molecule has 8 heteroatoms. The summed E-state index contributed by atoms with van der Waals surface area (Å²) >= 11 is 0. The van der Waals surface area contributed by atoms with E-state index in [1.807, 2.05) is 6.54 Å². The summed E-state index contributed by atoms with van der Waals surface area (Å²) in [6.07, 6.45) is -9.27. The maximum absolute atomic E-state index is 12.4. The molecule has 0 saturated carbocycles. The van der Waals surface area contributed by atoms with Crippen LogP contribution in [0.1, 0.15) is 21.5 Å². The van der Waals surface area contributed by atoms with Gasteiger partial charge in [0.25, 0.3) is 5.91 Å². The van der Waals surface area contributed by atoms with E-state index >= 15 is 0 Å². The van der Waals surface area contributed by atoms with Gasteiger partial charge in [-0.1, -0.05) is 0 Å². The van der Waals surface area contributed by atoms with Crippen LogP contribution in [0.4, 0.5) is 26.3 Å². The van der Waals surface area contributed by atoms with E-state index < -0.39 is 30.4 Å². The molecule has 0 saturated heterocycles. The van der Waals surface area contributed by atoms with Crippen LogP contribution in [0.15, 0.2) is 18.2 Å². The maximum atomic E-state index is 12.4. The number of carbonyl (C=O) groups excluding carboxylic acids is 1. The SMILES string of the molecule is O=C1c2ccc(C(F)(F)F)cc2[C]N1CC(F)(F)F. The van der Waals surface area contributed by atoms with E-state index in [1.165, 1.54) is 0 Å². The summed E-state index contributed by atoms with van der Waals surface area (Å²) in [6, 6.07) is 2.10. The topological polar surface area (TPSA) is 20.3 Å². The van der Waals surface area contributed by atoms with Gasteiger partial charge >= 0.3 is 12.4 Å². The van der Waals surface area contributed by atoms with Crippen molar-refractivity contribution in [1.82, 2.24) is 4.90 Å². The number of halogens is 6. The Morgan fingerprint density at radius 2 is 1.74 bits per heavy atom. The van der Waals surface area contributed by atoms with Crippen LogP contribution in [0.3, 0.4) is 0 Å². The van der Waals surface area contributed by atoms with E-state index in [2.05, 4.69) is 0 Å². The minimum Gasteiger partial charge on any atom is -0.314 e. The molecule has 2 nitrogen and oxygen atoms in total. The van der Waals surface area contributed by atoms with Crippen LogP contribution in [-0.2, 0) is 6.18 Å². The lowest BCUT2D eigenvalue weighted by atomic mass is 10.1. The van der Waals surface area contributed by atoms with Gasteiger partial charge in [-0.25, -0.2) is 0 Å². The highest BCUT2D eigenvalue weighted by Crippen LogP contribution is 2.34. The first-order chi connectivity index (χ1) is 8.58. The molecule has 0 aliphatic carbocycles. The van der Waals surface area contributed by atoms with E-state index in [0.29, 0.717) is 12.1 Å². The monoisotopic (exact) mass is 281 g/mol. The van der Waals surface area contributed by atoms with E-state index in [9.17, 15) is 31.1 Å². The van der Waals surface area contributed by atoms with Gasteiger partial charge in [0.2, 0.25) is 0 Å². The normalized spacial score (nSPS) is 15.9. The van der Waals surface area contributed by atoms with Crippen LogP contribution in [0, 0.1) is 6.54 Å². The Kier molecular flexibility index (Phi) is 2.98. The van der Waals surface area contributed by atoms with Crippen molar-refractivity contribution < 1.29 is 31.1 Å². The minimum absolute atomic E-state index is 0.225. The Balaban J connectivity index is 2.28. The van der Waals surface area contributed by atoms with Crippen LogP contribution in [-0.4, -0.2) is 23.5 Å². The summed E-state index contributed by atoms with van der Waals surface area (Å²) < 4.78 is 73.7. The number of benzene rings is 1. The van der Waals surface area contributed by atoms with Gasteiger partial charge < -0.3 is 4.90 Å². The predicted molar refractivity (Wildman–Crippen MR) is 50.9 cm³/mol. The fourth-order valence-electron chi connectivity index (χ4n) is 1.63. The molecule has 19 heavy (non-hydrogen) atoms. The molecule has 1 aliphatic rings. The molecular formula is C11H5F6NO. The lowest BCUT2D eigenvalue weighted by molar-refractivity contribution is -0.138. The van der Waals surface area contributed by atoms with Crippen molar-refractivity contribution >= 4 is 5.91 Å². The van der Waals surface area contributed by atoms with Crippen LogP contribution in [0.5, 0.6) is 0 Å². The minimum atomic E-state index is -4.64. The molecule has 0 atom stereocenters. The molecule has 1 aliphatic heterocycles. The molecule has 1 aromatic rings. The average molecular weight is 281 g/mol. The standard InChI is InChI=1S/C11H5F6NO/c12-10(13,14)5-18-4-6-3-7(11(15,16)17)1-2-8(6)9(18)19/h1-3H,5H2. The van der Waals surface area contributed by atoms with Gasteiger partial charge in [0.05, 0.1) is 5.56 Å². The van der Waals surface area contributed by atoms with Crippen molar-refractivity contribution in [1.29, 1.82) is 0 Å². The third-order valence-electron chi connectivity index (χ3n) is 2.42. The summed E-state index contributed by atoms with van der Waals surface area (Å²) in [5.74, 6) is -1.01. The Labute approximate surface area is 103 Å². The zero-order chi connectivity index (χ0) is 14.4. The van der Waals surface area contributed by atoms with Gasteiger partial charge in [-0.15, -0.1) is 0 Å². The van der Waals surface area contributed by atoms with E-state index in [1.54, 1.807) is 0 Å². The fourth-order valence-corrected chi connectivity index (χ4v) is 1.63. The summed E-state index contributed by atoms with van der Waals surface area (Å²) in [5.41, 5.74) is -1.55. The lowest BCUT2D eigenvalue weighted by Gasteiger charge is -2.16. The lowest BCUT2D eigenvalue weighted by Crippen LogP contribution is -2.33. The van der Waals surface area contributed by atoms with Crippen LogP contribution in [0.25, 0.3) is 0 Å². The van der Waals surface area contributed by atoms with E-state index in [0.717, 1.165) is 6.07 Å². The van der Waals surface area contributed by atoms with Crippen molar-refractivity contribution in [3.05, 3.63) is 41.4 Å². The second kappa shape index (κ2) is 4.14. The summed E-state index contributed by atoms with van der Waals surface area (Å²) in [6.45, 7) is 0.436. The van der Waals surface area contributed by atoms with Gasteiger partial charge in [-0.3, -0.25) is 4.79 Å². The van der Waals surface area contributed by atoms with Gasteiger partial charge in [-0.2, -0.15) is 26.3 Å². The second-order valence-corrected chi connectivity index (χ2v) is 3.88. The molecule has 1 amide bonds. The molecule has 1 heterocycles. The van der Waals surface area contributed by atoms with Crippen LogP contribution >= 0.6 is 0 Å². The molecule has 0 spiro atoms. The predicted octanol–water partition coefficient (Wildman–Crippen LogP) is 3.11. The van der Waals surface area contributed by atoms with Crippen molar-refractivity contribution in [2.24, 2.45) is 0 Å². The van der Waals surface area contributed by atoms with Crippen LogP contribution in [0.2, 0.25) is 0 Å². The first kappa shape index (κ1) is 13.7. The molecule has 0 bridgehead atoms. The number of carbonyl (C=O) groups is 1. The summed E-state index contributed by atoms with van der Waals surface area (Å²) in [7, 11) is 0. The van der Waals surface area contributed by atoms with Crippen molar-refractivity contribution in [3.63, 3.8) is 0 Å². The number of amides is 1. The molecule has 2 radical (unpaired) electrons. The van der Waals surface area contributed by atoms with Gasteiger partial charge in [-0.05, 0) is 23.8 Å². The fraction of sp³-hybridized carbons (Fsp3) is 0.273. The highest BCUT2D eigenvalue weighted by atomic mass is 19.4. The molecule has 0 aromatic heterocycles. The number of rotatable bonds is 1. The van der Waals surface area contributed by atoms with E-state index in [-0.39, 0.29) is 16.0 Å². The molecule has 102 valence electrons. The highest BCUT2D eigenvalue weighted by Gasteiger charge is 2.39. The second-order valence-electron chi connectivity index (χ2n) is 3.88. The average Bonchev–Trinajstić information content (AvgIpc) is 2.52. The van der Waals surface area contributed by atoms with E-state index in [4.69, 9.17) is 0 Å². The number of hydrogen-bond acceptors (Lipinski definition) is 1. The smallest absolute Gasteiger partial charge is 0.314 e. The molecule has 1 aromatic carbocycles. The van der Waals surface area contributed by atoms with Crippen molar-refractivity contribution in [3.8, 4) is 0 Å². The summed E-state index contributed by atoms with van der Waals surface area (Å²) in [5, 5.41) is 0. The van der Waals surface area contributed by atoms with Gasteiger partial charge in [0.15, 0.2) is 0 Å². The largest absolute Gasteiger partial charge is 0.416 e. The van der Waals surface area contributed by atoms with Gasteiger partial charge in [0.1, 0.15) is 13.1 Å². The first-order valence-electron chi connectivity index (χ1n) is 4.94. The summed E-state index contributed by atoms with van der Waals surface area (Å²) in [4.78, 5) is 11.7. The molecule has 2 rings (SSSR count). The van der Waals surface area contributed by atoms with Gasteiger partial charge in [0, 0.05) is 5.56 Å². The first-order valence-corrected chi connectivity index (χ1v) is 4.94. The molecule has 0 unspecified atom stereocenters. The Morgan fingerprint density at radius 1 is 1.11 bits per heavy atom. The molecule has 0 fully saturated rings. The van der Waals surface area contributed by atoms with Crippen molar-refractivity contribution in [2.45, 2.75) is 12.4 Å². The van der Waals surface area contributed by atoms with Crippen molar-refractivity contribution in [2.75, 3.05) is 6.54 Å². The maximum Gasteiger partial charge on any atom is 0.416 e. The number of fused-ring (bicyclic) bond motifs is 1. The Bertz CT molecular complexity index is 519. The zero-order valence-electron chi connectivity index (χ0n) is 9.06.